The number of rotatable bonds is 6. The van der Waals surface area contributed by atoms with E-state index in [1.54, 1.807) is 26.0 Å². The second-order valence-corrected chi connectivity index (χ2v) is 3.62. The molecule has 0 saturated carbocycles. The van der Waals surface area contributed by atoms with Crippen molar-refractivity contribution in [3.8, 4) is 5.75 Å². The fraction of sp³-hybridized carbons (Fsp3) is 0.385. The predicted molar refractivity (Wildman–Crippen MR) is 63.0 cm³/mol. The van der Waals surface area contributed by atoms with Crippen LogP contribution < -0.4 is 4.74 Å². The smallest absolute Gasteiger partial charge is 0.344 e. The molecule has 0 saturated heterocycles. The number of Topliss-reactive ketones (excluding diaryl/α,β-unsaturated/α-hetero) is 1. The average molecular weight is 236 g/mol. The van der Waals surface area contributed by atoms with Gasteiger partial charge in [0.05, 0.1) is 6.61 Å². The monoisotopic (exact) mass is 236 g/mol. The van der Waals surface area contributed by atoms with Crippen molar-refractivity contribution >= 4 is 11.8 Å². The van der Waals surface area contributed by atoms with Crippen LogP contribution in [0.25, 0.3) is 0 Å². The van der Waals surface area contributed by atoms with Crippen molar-refractivity contribution < 1.29 is 19.1 Å². The van der Waals surface area contributed by atoms with Crippen LogP contribution in [0.15, 0.2) is 24.3 Å². The van der Waals surface area contributed by atoms with Gasteiger partial charge in [-0.15, -0.1) is 0 Å². The van der Waals surface area contributed by atoms with Crippen LogP contribution in [0.1, 0.15) is 19.4 Å². The molecule has 0 aliphatic heterocycles. The highest BCUT2D eigenvalue weighted by atomic mass is 16.6. The molecule has 0 heterocycles. The van der Waals surface area contributed by atoms with Gasteiger partial charge in [-0.1, -0.05) is 12.1 Å². The first-order valence-electron chi connectivity index (χ1n) is 5.48. The topological polar surface area (TPSA) is 52.6 Å². The largest absolute Gasteiger partial charge is 0.482 e. The van der Waals surface area contributed by atoms with Crippen LogP contribution >= 0.6 is 0 Å². The van der Waals surface area contributed by atoms with Gasteiger partial charge in [0.2, 0.25) is 0 Å². The van der Waals surface area contributed by atoms with Crippen molar-refractivity contribution in [1.82, 2.24) is 0 Å². The van der Waals surface area contributed by atoms with E-state index in [0.29, 0.717) is 18.8 Å². The molecule has 1 aromatic carbocycles. The van der Waals surface area contributed by atoms with E-state index in [2.05, 4.69) is 0 Å². The zero-order chi connectivity index (χ0) is 12.7. The Labute approximate surface area is 101 Å². The first-order chi connectivity index (χ1) is 8.11. The van der Waals surface area contributed by atoms with Gasteiger partial charge < -0.3 is 9.47 Å². The Morgan fingerprint density at radius 1 is 1.18 bits per heavy atom. The lowest BCUT2D eigenvalue weighted by molar-refractivity contribution is -0.145. The van der Waals surface area contributed by atoms with E-state index in [4.69, 9.17) is 9.47 Å². The molecule has 4 heteroatoms. The highest BCUT2D eigenvalue weighted by Gasteiger charge is 2.03. The molecule has 0 aromatic heterocycles. The van der Waals surface area contributed by atoms with Gasteiger partial charge in [0, 0.05) is 6.42 Å². The molecule has 0 atom stereocenters. The molecule has 0 N–H and O–H groups in total. The second kappa shape index (κ2) is 6.68. The van der Waals surface area contributed by atoms with E-state index in [1.165, 1.54) is 0 Å². The number of hydrogen-bond donors (Lipinski definition) is 0. The highest BCUT2D eigenvalue weighted by molar-refractivity contribution is 5.78. The molecule has 0 radical (unpaired) electrons. The number of hydrogen-bond acceptors (Lipinski definition) is 4. The van der Waals surface area contributed by atoms with E-state index >= 15 is 0 Å². The molecule has 0 unspecified atom stereocenters. The molecule has 4 nitrogen and oxygen atoms in total. The minimum atomic E-state index is -0.389. The van der Waals surface area contributed by atoms with E-state index in [1.807, 2.05) is 12.1 Å². The van der Waals surface area contributed by atoms with Crippen molar-refractivity contribution in [2.45, 2.75) is 20.3 Å². The van der Waals surface area contributed by atoms with Crippen LogP contribution in [0.2, 0.25) is 0 Å². The average Bonchev–Trinajstić information content (AvgIpc) is 2.28. The van der Waals surface area contributed by atoms with Crippen molar-refractivity contribution in [2.24, 2.45) is 0 Å². The number of benzene rings is 1. The molecular formula is C13H16O4. The second-order valence-electron chi connectivity index (χ2n) is 3.62. The van der Waals surface area contributed by atoms with Gasteiger partial charge >= 0.3 is 5.97 Å². The highest BCUT2D eigenvalue weighted by Crippen LogP contribution is 2.12. The minimum Gasteiger partial charge on any atom is -0.482 e. The third-order valence-electron chi connectivity index (χ3n) is 2.04. The van der Waals surface area contributed by atoms with E-state index in [-0.39, 0.29) is 18.4 Å². The summed E-state index contributed by atoms with van der Waals surface area (Å²) in [4.78, 5) is 21.9. The summed E-state index contributed by atoms with van der Waals surface area (Å²) in [6, 6.07) is 7.08. The van der Waals surface area contributed by atoms with Crippen LogP contribution in [-0.2, 0) is 20.7 Å². The standard InChI is InChI=1S/C13H16O4/c1-3-16-13(15)9-17-12-6-4-11(5-7-12)8-10(2)14/h4-7H,3,8-9H2,1-2H3. The third kappa shape index (κ3) is 5.15. The van der Waals surface area contributed by atoms with E-state index < -0.39 is 0 Å². The molecule has 0 fully saturated rings. The summed E-state index contributed by atoms with van der Waals surface area (Å²) < 4.78 is 9.95. The molecule has 0 aliphatic carbocycles. The van der Waals surface area contributed by atoms with Gasteiger partial charge in [-0.05, 0) is 31.5 Å². The minimum absolute atomic E-state index is 0.0973. The molecule has 92 valence electrons. The quantitative estimate of drug-likeness (QED) is 0.706. The van der Waals surface area contributed by atoms with Gasteiger partial charge in [-0.25, -0.2) is 4.79 Å². The summed E-state index contributed by atoms with van der Waals surface area (Å²) in [6.45, 7) is 3.54. The molecule has 0 spiro atoms. The van der Waals surface area contributed by atoms with E-state index in [0.717, 1.165) is 5.56 Å². The van der Waals surface area contributed by atoms with Crippen molar-refractivity contribution in [3.63, 3.8) is 0 Å². The predicted octanol–water partition coefficient (Wildman–Crippen LogP) is 1.76. The first-order valence-corrected chi connectivity index (χ1v) is 5.48. The summed E-state index contributed by atoms with van der Waals surface area (Å²) in [6.07, 6.45) is 0.415. The van der Waals surface area contributed by atoms with Crippen LogP contribution in [0.3, 0.4) is 0 Å². The SMILES string of the molecule is CCOC(=O)COc1ccc(CC(C)=O)cc1. The maximum atomic E-state index is 11.0. The molecule has 0 amide bonds. The Bertz CT molecular complexity index is 381. The summed E-state index contributed by atoms with van der Waals surface area (Å²) in [5.74, 6) is 0.316. The number of esters is 1. The molecular weight excluding hydrogens is 220 g/mol. The number of carbonyl (C=O) groups excluding carboxylic acids is 2. The third-order valence-corrected chi connectivity index (χ3v) is 2.04. The first kappa shape index (κ1) is 13.2. The lowest BCUT2D eigenvalue weighted by Gasteiger charge is -2.06. The molecule has 0 aliphatic rings. The van der Waals surface area contributed by atoms with Gasteiger partial charge in [-0.3, -0.25) is 4.79 Å². The Morgan fingerprint density at radius 3 is 2.35 bits per heavy atom. The van der Waals surface area contributed by atoms with E-state index in [9.17, 15) is 9.59 Å². The summed E-state index contributed by atoms with van der Waals surface area (Å²) in [5, 5.41) is 0. The van der Waals surface area contributed by atoms with Crippen LogP contribution in [0.5, 0.6) is 5.75 Å². The lowest BCUT2D eigenvalue weighted by atomic mass is 10.1. The maximum absolute atomic E-state index is 11.0. The van der Waals surface area contributed by atoms with Gasteiger partial charge in [0.1, 0.15) is 11.5 Å². The Kier molecular flexibility index (Phi) is 5.20. The Balaban J connectivity index is 2.45. The van der Waals surface area contributed by atoms with Crippen LogP contribution in [0, 0.1) is 0 Å². The van der Waals surface area contributed by atoms with Gasteiger partial charge in [-0.2, -0.15) is 0 Å². The summed E-state index contributed by atoms with van der Waals surface area (Å²) in [5.41, 5.74) is 0.931. The zero-order valence-corrected chi connectivity index (χ0v) is 10.1. The number of ketones is 1. The van der Waals surface area contributed by atoms with Crippen LogP contribution in [0.4, 0.5) is 0 Å². The van der Waals surface area contributed by atoms with Crippen LogP contribution in [-0.4, -0.2) is 25.0 Å². The lowest BCUT2D eigenvalue weighted by Crippen LogP contribution is -2.14. The number of ether oxygens (including phenoxy) is 2. The Morgan fingerprint density at radius 2 is 1.82 bits per heavy atom. The fourth-order valence-corrected chi connectivity index (χ4v) is 1.34. The van der Waals surface area contributed by atoms with Crippen molar-refractivity contribution in [1.29, 1.82) is 0 Å². The summed E-state index contributed by atoms with van der Waals surface area (Å²) in [7, 11) is 0. The fourth-order valence-electron chi connectivity index (χ4n) is 1.34. The molecule has 0 bridgehead atoms. The zero-order valence-electron chi connectivity index (χ0n) is 10.1. The summed E-state index contributed by atoms with van der Waals surface area (Å²) >= 11 is 0. The molecule has 1 aromatic rings. The maximum Gasteiger partial charge on any atom is 0.344 e. The van der Waals surface area contributed by atoms with Crippen molar-refractivity contribution in [3.05, 3.63) is 29.8 Å². The van der Waals surface area contributed by atoms with Gasteiger partial charge in [0.25, 0.3) is 0 Å². The number of carbonyl (C=O) groups is 2. The molecule has 17 heavy (non-hydrogen) atoms. The molecule has 1 rings (SSSR count). The van der Waals surface area contributed by atoms with Gasteiger partial charge in [0.15, 0.2) is 6.61 Å². The normalized spacial score (nSPS) is 9.76. The Hall–Kier alpha value is -1.84. The van der Waals surface area contributed by atoms with Crippen molar-refractivity contribution in [2.75, 3.05) is 13.2 Å².